The monoisotopic (exact) mass is 334 g/mol. The maximum absolute atomic E-state index is 13.5. The fourth-order valence-electron chi connectivity index (χ4n) is 1.78. The van der Waals surface area contributed by atoms with Crippen LogP contribution >= 0.6 is 11.6 Å². The zero-order chi connectivity index (χ0) is 16.8. The van der Waals surface area contributed by atoms with E-state index in [1.807, 2.05) is 6.07 Å². The van der Waals surface area contributed by atoms with Crippen molar-refractivity contribution in [2.75, 3.05) is 19.0 Å². The van der Waals surface area contributed by atoms with E-state index in [1.54, 1.807) is 0 Å². The van der Waals surface area contributed by atoms with E-state index in [2.05, 4.69) is 5.32 Å². The average Bonchev–Trinajstić information content (AvgIpc) is 2.56. The van der Waals surface area contributed by atoms with Crippen LogP contribution in [0.5, 0.6) is 11.5 Å². The first-order valence-corrected chi connectivity index (χ1v) is 6.87. The largest absolute Gasteiger partial charge is 0.493 e. The predicted molar refractivity (Wildman–Crippen MR) is 83.2 cm³/mol. The van der Waals surface area contributed by atoms with Gasteiger partial charge in [-0.25, -0.2) is 4.39 Å². The Bertz CT molecular complexity index is 774. The van der Waals surface area contributed by atoms with Gasteiger partial charge in [0.2, 0.25) is 0 Å². The Hall–Kier alpha value is -2.78. The Morgan fingerprint density at radius 1 is 1.30 bits per heavy atom. The predicted octanol–water partition coefficient (Wildman–Crippen LogP) is 3.38. The van der Waals surface area contributed by atoms with Crippen molar-refractivity contribution in [3.8, 4) is 17.6 Å². The summed E-state index contributed by atoms with van der Waals surface area (Å²) in [5, 5.41) is 11.5. The molecule has 7 heteroatoms. The van der Waals surface area contributed by atoms with E-state index in [4.69, 9.17) is 26.3 Å². The van der Waals surface area contributed by atoms with Crippen molar-refractivity contribution < 1.29 is 18.7 Å². The van der Waals surface area contributed by atoms with E-state index in [-0.39, 0.29) is 12.3 Å². The van der Waals surface area contributed by atoms with Gasteiger partial charge in [-0.05, 0) is 30.3 Å². The fourth-order valence-corrected chi connectivity index (χ4v) is 1.95. The Balaban J connectivity index is 2.02. The number of nitriles is 1. The van der Waals surface area contributed by atoms with Crippen LogP contribution in [0.3, 0.4) is 0 Å². The average molecular weight is 335 g/mol. The molecular weight excluding hydrogens is 323 g/mol. The van der Waals surface area contributed by atoms with Crippen LogP contribution in [0.25, 0.3) is 0 Å². The van der Waals surface area contributed by atoms with Crippen LogP contribution in [0.4, 0.5) is 10.1 Å². The number of hydrogen-bond acceptors (Lipinski definition) is 4. The number of nitrogens with one attached hydrogen (secondary N) is 1. The van der Waals surface area contributed by atoms with Crippen LogP contribution in [-0.2, 0) is 4.79 Å². The van der Waals surface area contributed by atoms with Crippen molar-refractivity contribution in [2.45, 2.75) is 0 Å². The highest BCUT2D eigenvalue weighted by Gasteiger charge is 2.11. The normalized spacial score (nSPS) is 9.83. The maximum atomic E-state index is 13.5. The van der Waals surface area contributed by atoms with E-state index >= 15 is 0 Å². The molecule has 23 heavy (non-hydrogen) atoms. The minimum atomic E-state index is -0.598. The number of ether oxygens (including phenoxy) is 2. The van der Waals surface area contributed by atoms with Gasteiger partial charge in [-0.2, -0.15) is 5.26 Å². The smallest absolute Gasteiger partial charge is 0.262 e. The van der Waals surface area contributed by atoms with E-state index in [0.29, 0.717) is 22.1 Å². The summed E-state index contributed by atoms with van der Waals surface area (Å²) < 4.78 is 23.9. The van der Waals surface area contributed by atoms with Gasteiger partial charge in [-0.1, -0.05) is 11.6 Å². The second-order valence-electron chi connectivity index (χ2n) is 4.44. The lowest BCUT2D eigenvalue weighted by atomic mass is 10.2. The third-order valence-corrected chi connectivity index (χ3v) is 3.09. The molecule has 0 saturated carbocycles. The van der Waals surface area contributed by atoms with Crippen LogP contribution in [0.2, 0.25) is 5.02 Å². The number of hydrogen-bond donors (Lipinski definition) is 1. The standard InChI is InChI=1S/C16H12ClFN2O3/c1-22-15-6-10(8-19)2-5-14(15)23-9-16(21)20-13-7-11(17)3-4-12(13)18/h2-7H,9H2,1H3,(H,20,21). The minimum absolute atomic E-state index is 0.0297. The molecule has 2 aromatic carbocycles. The Kier molecular flexibility index (Phi) is 5.39. The van der Waals surface area contributed by atoms with Gasteiger partial charge in [-0.3, -0.25) is 4.79 Å². The van der Waals surface area contributed by atoms with Gasteiger partial charge in [0, 0.05) is 11.1 Å². The quantitative estimate of drug-likeness (QED) is 0.910. The van der Waals surface area contributed by atoms with E-state index in [1.165, 1.54) is 37.4 Å². The van der Waals surface area contributed by atoms with Gasteiger partial charge in [0.15, 0.2) is 18.1 Å². The molecule has 118 valence electrons. The van der Waals surface area contributed by atoms with Crippen molar-refractivity contribution in [3.63, 3.8) is 0 Å². The Labute approximate surface area is 137 Å². The molecule has 0 aliphatic heterocycles. The highest BCUT2D eigenvalue weighted by molar-refractivity contribution is 6.30. The summed E-state index contributed by atoms with van der Waals surface area (Å²) in [6.07, 6.45) is 0. The highest BCUT2D eigenvalue weighted by atomic mass is 35.5. The summed E-state index contributed by atoms with van der Waals surface area (Å²) in [5.41, 5.74) is 0.373. The van der Waals surface area contributed by atoms with Crippen molar-refractivity contribution in [2.24, 2.45) is 0 Å². The lowest BCUT2D eigenvalue weighted by Gasteiger charge is -2.11. The van der Waals surface area contributed by atoms with Crippen molar-refractivity contribution >= 4 is 23.2 Å². The molecule has 0 spiro atoms. The SMILES string of the molecule is COc1cc(C#N)ccc1OCC(=O)Nc1cc(Cl)ccc1F. The molecule has 0 aromatic heterocycles. The zero-order valence-corrected chi connectivity index (χ0v) is 12.9. The highest BCUT2D eigenvalue weighted by Crippen LogP contribution is 2.27. The molecule has 2 aromatic rings. The summed E-state index contributed by atoms with van der Waals surface area (Å²) in [5.74, 6) is -0.532. The van der Waals surface area contributed by atoms with Crippen LogP contribution < -0.4 is 14.8 Å². The van der Waals surface area contributed by atoms with Gasteiger partial charge in [0.1, 0.15) is 5.82 Å². The number of methoxy groups -OCH3 is 1. The molecule has 0 aliphatic rings. The summed E-state index contributed by atoms with van der Waals surface area (Å²) in [6.45, 7) is -0.353. The number of halogens is 2. The number of benzene rings is 2. The minimum Gasteiger partial charge on any atom is -0.493 e. The Morgan fingerprint density at radius 3 is 2.78 bits per heavy atom. The lowest BCUT2D eigenvalue weighted by molar-refractivity contribution is -0.118. The van der Waals surface area contributed by atoms with Crippen LogP contribution in [0, 0.1) is 17.1 Å². The van der Waals surface area contributed by atoms with Crippen molar-refractivity contribution in [1.82, 2.24) is 0 Å². The number of nitrogens with zero attached hydrogens (tertiary/aromatic N) is 1. The van der Waals surface area contributed by atoms with E-state index < -0.39 is 11.7 Å². The summed E-state index contributed by atoms with van der Waals surface area (Å²) >= 11 is 5.75. The van der Waals surface area contributed by atoms with Crippen molar-refractivity contribution in [3.05, 3.63) is 52.8 Å². The second kappa shape index (κ2) is 7.47. The lowest BCUT2D eigenvalue weighted by Crippen LogP contribution is -2.21. The fraction of sp³-hybridized carbons (Fsp3) is 0.125. The summed E-state index contributed by atoms with van der Waals surface area (Å²) in [7, 11) is 1.42. The molecule has 0 saturated heterocycles. The van der Waals surface area contributed by atoms with Gasteiger partial charge in [0.05, 0.1) is 24.4 Å². The molecule has 0 unspecified atom stereocenters. The first-order valence-electron chi connectivity index (χ1n) is 6.49. The molecule has 0 fully saturated rings. The maximum Gasteiger partial charge on any atom is 0.262 e. The number of anilines is 1. The first kappa shape index (κ1) is 16.6. The van der Waals surface area contributed by atoms with Gasteiger partial charge in [-0.15, -0.1) is 0 Å². The summed E-state index contributed by atoms with van der Waals surface area (Å²) in [4.78, 5) is 11.8. The molecular formula is C16H12ClFN2O3. The van der Waals surface area contributed by atoms with Gasteiger partial charge in [0.25, 0.3) is 5.91 Å². The third-order valence-electron chi connectivity index (χ3n) is 2.85. The van der Waals surface area contributed by atoms with E-state index in [0.717, 1.165) is 6.07 Å². The summed E-state index contributed by atoms with van der Waals surface area (Å²) in [6, 6.07) is 10.3. The number of carbonyl (C=O) groups excluding carboxylic acids is 1. The molecule has 0 aliphatic carbocycles. The van der Waals surface area contributed by atoms with Gasteiger partial charge >= 0.3 is 0 Å². The molecule has 5 nitrogen and oxygen atoms in total. The molecule has 1 N–H and O–H groups in total. The molecule has 0 heterocycles. The first-order chi connectivity index (χ1) is 11.0. The molecule has 1 amide bonds. The second-order valence-corrected chi connectivity index (χ2v) is 4.87. The number of rotatable bonds is 5. The molecule has 0 atom stereocenters. The zero-order valence-electron chi connectivity index (χ0n) is 12.1. The van der Waals surface area contributed by atoms with Crippen LogP contribution in [-0.4, -0.2) is 19.6 Å². The topological polar surface area (TPSA) is 71.3 Å². The van der Waals surface area contributed by atoms with E-state index in [9.17, 15) is 9.18 Å². The van der Waals surface area contributed by atoms with Crippen LogP contribution in [0.15, 0.2) is 36.4 Å². The Morgan fingerprint density at radius 2 is 2.09 bits per heavy atom. The third kappa shape index (κ3) is 4.34. The van der Waals surface area contributed by atoms with Gasteiger partial charge < -0.3 is 14.8 Å². The number of amides is 1. The molecule has 2 rings (SSSR count). The van der Waals surface area contributed by atoms with Crippen molar-refractivity contribution in [1.29, 1.82) is 5.26 Å². The number of carbonyl (C=O) groups is 1. The van der Waals surface area contributed by atoms with Crippen LogP contribution in [0.1, 0.15) is 5.56 Å². The molecule has 0 bridgehead atoms. The molecule has 0 radical (unpaired) electrons.